The summed E-state index contributed by atoms with van der Waals surface area (Å²) in [7, 11) is 1.09. The van der Waals surface area contributed by atoms with Crippen LogP contribution in [0, 0.1) is 0 Å². The second kappa shape index (κ2) is 12.3. The van der Waals surface area contributed by atoms with Gasteiger partial charge < -0.3 is 15.2 Å². The molecule has 3 rings (SSSR count). The maximum Gasteiger partial charge on any atom is 0.191 e. The molecule has 3 atom stereocenters. The minimum absolute atomic E-state index is 0. The third kappa shape index (κ3) is 7.40. The van der Waals surface area contributed by atoms with Crippen molar-refractivity contribution in [2.45, 2.75) is 57.0 Å². The molecule has 29 heavy (non-hydrogen) atoms. The molecule has 1 saturated carbocycles. The zero-order chi connectivity index (χ0) is 19.8. The summed E-state index contributed by atoms with van der Waals surface area (Å²) < 4.78 is 14.2. The van der Waals surface area contributed by atoms with Gasteiger partial charge in [-0.1, -0.05) is 37.6 Å². The molecule has 1 aliphatic rings. The number of imidazole rings is 1. The quantitative estimate of drug-likeness (QED) is 0.328. The molecule has 0 bridgehead atoms. The van der Waals surface area contributed by atoms with Crippen LogP contribution in [-0.2, 0) is 23.9 Å². The minimum atomic E-state index is -0.705. The highest BCUT2D eigenvalue weighted by Gasteiger charge is 2.25. The second-order valence-electron chi connectivity index (χ2n) is 7.28. The van der Waals surface area contributed by atoms with Crippen LogP contribution in [0.1, 0.15) is 43.7 Å². The first-order valence-electron chi connectivity index (χ1n) is 10.1. The summed E-state index contributed by atoms with van der Waals surface area (Å²) in [6.07, 6.45) is 9.88. The molecule has 0 spiro atoms. The van der Waals surface area contributed by atoms with E-state index in [2.05, 4.69) is 49.4 Å². The van der Waals surface area contributed by atoms with Gasteiger partial charge in [0.25, 0.3) is 0 Å². The largest absolute Gasteiger partial charge is 0.354 e. The van der Waals surface area contributed by atoms with Gasteiger partial charge in [0, 0.05) is 60.4 Å². The second-order valence-corrected chi connectivity index (χ2v) is 9.28. The van der Waals surface area contributed by atoms with Gasteiger partial charge in [-0.25, -0.2) is 4.98 Å². The van der Waals surface area contributed by atoms with Crippen molar-refractivity contribution in [2.24, 2.45) is 4.99 Å². The van der Waals surface area contributed by atoms with Gasteiger partial charge in [-0.2, -0.15) is 0 Å². The third-order valence-electron chi connectivity index (χ3n) is 5.25. The summed E-state index contributed by atoms with van der Waals surface area (Å²) in [6.45, 7) is 3.56. The van der Waals surface area contributed by atoms with Crippen molar-refractivity contribution in [2.75, 3.05) is 12.8 Å². The Hall–Kier alpha value is -1.42. The number of rotatable bonds is 7. The van der Waals surface area contributed by atoms with Gasteiger partial charge in [-0.3, -0.25) is 9.20 Å². The van der Waals surface area contributed by atoms with E-state index in [-0.39, 0.29) is 24.0 Å². The van der Waals surface area contributed by atoms with E-state index in [1.807, 2.05) is 19.4 Å². The van der Waals surface area contributed by atoms with E-state index >= 15 is 0 Å². The van der Waals surface area contributed by atoms with Crippen LogP contribution in [0.4, 0.5) is 0 Å². The molecule has 0 amide bonds. The van der Waals surface area contributed by atoms with Gasteiger partial charge in [0.1, 0.15) is 0 Å². The molecule has 1 fully saturated rings. The average Bonchev–Trinajstić information content (AvgIpc) is 3.24. The highest BCUT2D eigenvalue weighted by atomic mass is 127. The zero-order valence-corrected chi connectivity index (χ0v) is 20.4. The van der Waals surface area contributed by atoms with Crippen LogP contribution in [0.5, 0.6) is 0 Å². The van der Waals surface area contributed by atoms with Gasteiger partial charge in [-0.05, 0) is 30.4 Å². The van der Waals surface area contributed by atoms with E-state index in [4.69, 9.17) is 0 Å². The van der Waals surface area contributed by atoms with Crippen LogP contribution >= 0.6 is 24.0 Å². The summed E-state index contributed by atoms with van der Waals surface area (Å²) in [6, 6.07) is 8.94. The van der Waals surface area contributed by atoms with Crippen LogP contribution in [0.15, 0.2) is 48.0 Å². The standard InChI is InChI=1S/C21H31N5OS.HI/c1-3-28(27)20-6-4-5-19(13-20)25-21(22-2)24-14-17-7-9-18(10-8-17)15-26-12-11-23-16-26;/h7-12,16,19-20H,3-6,13-15H2,1-2H3,(H2,22,24,25);1H. The summed E-state index contributed by atoms with van der Waals surface area (Å²) in [5.74, 6) is 1.57. The summed E-state index contributed by atoms with van der Waals surface area (Å²) in [5, 5.41) is 7.24. The van der Waals surface area contributed by atoms with Gasteiger partial charge in [0.15, 0.2) is 5.96 Å². The maximum atomic E-state index is 12.1. The average molecular weight is 529 g/mol. The molecular formula is C21H32IN5OS. The number of hydrogen-bond acceptors (Lipinski definition) is 3. The Morgan fingerprint density at radius 2 is 2.03 bits per heavy atom. The SMILES string of the molecule is CCS(=O)C1CCCC(NC(=NC)NCc2ccc(Cn3ccnc3)cc2)C1.I. The molecule has 1 aliphatic carbocycles. The fourth-order valence-electron chi connectivity index (χ4n) is 3.68. The van der Waals surface area contributed by atoms with Gasteiger partial charge >= 0.3 is 0 Å². The fraction of sp³-hybridized carbons (Fsp3) is 0.524. The Labute approximate surface area is 193 Å². The molecule has 1 aromatic heterocycles. The molecule has 2 aromatic rings. The lowest BCUT2D eigenvalue weighted by atomic mass is 9.95. The van der Waals surface area contributed by atoms with E-state index in [1.54, 1.807) is 13.2 Å². The molecule has 1 aromatic carbocycles. The van der Waals surface area contributed by atoms with Gasteiger partial charge in [0.2, 0.25) is 0 Å². The first-order chi connectivity index (χ1) is 13.7. The highest BCUT2D eigenvalue weighted by molar-refractivity contribution is 14.0. The van der Waals surface area contributed by atoms with Crippen molar-refractivity contribution >= 4 is 40.7 Å². The predicted octanol–water partition coefficient (Wildman–Crippen LogP) is 3.29. The first kappa shape index (κ1) is 23.9. The smallest absolute Gasteiger partial charge is 0.191 e. The lowest BCUT2D eigenvalue weighted by Gasteiger charge is -2.30. The predicted molar refractivity (Wildman–Crippen MR) is 131 cm³/mol. The fourth-order valence-corrected chi connectivity index (χ4v) is 5.03. The Morgan fingerprint density at radius 1 is 1.28 bits per heavy atom. The Morgan fingerprint density at radius 3 is 2.69 bits per heavy atom. The maximum absolute atomic E-state index is 12.1. The van der Waals surface area contributed by atoms with Gasteiger partial charge in [-0.15, -0.1) is 24.0 Å². The highest BCUT2D eigenvalue weighted by Crippen LogP contribution is 2.23. The van der Waals surface area contributed by atoms with Crippen LogP contribution in [0.3, 0.4) is 0 Å². The van der Waals surface area contributed by atoms with Gasteiger partial charge in [0.05, 0.1) is 6.33 Å². The number of nitrogens with one attached hydrogen (secondary N) is 2. The molecule has 0 aliphatic heterocycles. The van der Waals surface area contributed by atoms with Crippen molar-refractivity contribution in [3.8, 4) is 0 Å². The number of halogens is 1. The lowest BCUT2D eigenvalue weighted by molar-refractivity contribution is 0.413. The summed E-state index contributed by atoms with van der Waals surface area (Å²) >= 11 is 0. The van der Waals surface area contributed by atoms with Crippen molar-refractivity contribution in [3.05, 3.63) is 54.1 Å². The van der Waals surface area contributed by atoms with Crippen molar-refractivity contribution in [3.63, 3.8) is 0 Å². The van der Waals surface area contributed by atoms with Crippen LogP contribution in [-0.4, -0.2) is 43.8 Å². The zero-order valence-electron chi connectivity index (χ0n) is 17.2. The molecule has 160 valence electrons. The monoisotopic (exact) mass is 529 g/mol. The Bertz CT molecular complexity index is 779. The molecule has 1 heterocycles. The number of aliphatic imine (C=N–C) groups is 1. The Balaban J connectivity index is 0.00000300. The summed E-state index contributed by atoms with van der Waals surface area (Å²) in [5.41, 5.74) is 2.47. The van der Waals surface area contributed by atoms with Crippen molar-refractivity contribution < 1.29 is 4.21 Å². The third-order valence-corrected chi connectivity index (χ3v) is 6.99. The summed E-state index contributed by atoms with van der Waals surface area (Å²) in [4.78, 5) is 8.44. The van der Waals surface area contributed by atoms with Crippen LogP contribution < -0.4 is 10.6 Å². The molecule has 6 nitrogen and oxygen atoms in total. The molecule has 8 heteroatoms. The number of nitrogens with zero attached hydrogens (tertiary/aromatic N) is 3. The van der Waals surface area contributed by atoms with Crippen molar-refractivity contribution in [1.29, 1.82) is 0 Å². The van der Waals surface area contributed by atoms with E-state index in [0.29, 0.717) is 11.3 Å². The molecule has 2 N–H and O–H groups in total. The normalized spacial score (nSPS) is 20.6. The topological polar surface area (TPSA) is 71.3 Å². The van der Waals surface area contributed by atoms with Crippen LogP contribution in [0.2, 0.25) is 0 Å². The number of benzene rings is 1. The van der Waals surface area contributed by atoms with Crippen molar-refractivity contribution in [1.82, 2.24) is 20.2 Å². The van der Waals surface area contributed by atoms with Crippen LogP contribution in [0.25, 0.3) is 0 Å². The van der Waals surface area contributed by atoms with E-state index < -0.39 is 10.8 Å². The number of guanidine groups is 1. The van der Waals surface area contributed by atoms with E-state index in [1.165, 1.54) is 11.1 Å². The molecule has 0 saturated heterocycles. The minimum Gasteiger partial charge on any atom is -0.354 e. The number of aromatic nitrogens is 2. The molecular weight excluding hydrogens is 497 g/mol. The first-order valence-corrected chi connectivity index (χ1v) is 11.4. The molecule has 3 unspecified atom stereocenters. The Kier molecular flexibility index (Phi) is 10.1. The number of hydrogen-bond donors (Lipinski definition) is 2. The van der Waals surface area contributed by atoms with E-state index in [9.17, 15) is 4.21 Å². The van der Waals surface area contributed by atoms with E-state index in [0.717, 1.165) is 50.5 Å². The lowest BCUT2D eigenvalue weighted by Crippen LogP contribution is -2.46. The molecule has 0 radical (unpaired) electrons.